The van der Waals surface area contributed by atoms with Crippen molar-refractivity contribution >= 4 is 17.9 Å². The Morgan fingerprint density at radius 2 is 0.532 bits per heavy atom. The number of esters is 3. The number of carbonyl (C=O) groups excluding carboxylic acids is 3. The maximum atomic E-state index is 12.9. The summed E-state index contributed by atoms with van der Waals surface area (Å²) in [5, 5.41) is 0. The van der Waals surface area contributed by atoms with Crippen LogP contribution in [0.2, 0.25) is 0 Å². The molecule has 0 aromatic rings. The van der Waals surface area contributed by atoms with Crippen LogP contribution < -0.4 is 0 Å². The number of carbonyl (C=O) groups is 3. The molecular weight excluding hydrogens is 949 g/mol. The van der Waals surface area contributed by atoms with E-state index in [1.54, 1.807) is 0 Å². The van der Waals surface area contributed by atoms with E-state index in [1.165, 1.54) is 135 Å². The van der Waals surface area contributed by atoms with Gasteiger partial charge in [-0.05, 0) is 116 Å². The molecule has 0 aliphatic rings. The summed E-state index contributed by atoms with van der Waals surface area (Å²) in [4.78, 5) is 38.3. The highest BCUT2D eigenvalue weighted by Crippen LogP contribution is 2.17. The second-order valence-electron chi connectivity index (χ2n) is 21.6. The second kappa shape index (κ2) is 64.9. The van der Waals surface area contributed by atoms with Gasteiger partial charge in [0, 0.05) is 19.3 Å². The highest BCUT2D eigenvalue weighted by atomic mass is 16.6. The van der Waals surface area contributed by atoms with Gasteiger partial charge in [-0.3, -0.25) is 14.4 Å². The van der Waals surface area contributed by atoms with Crippen molar-refractivity contribution in [2.75, 3.05) is 13.2 Å². The predicted octanol–water partition coefficient (Wildman–Crippen LogP) is 22.4. The van der Waals surface area contributed by atoms with E-state index in [0.717, 1.165) is 141 Å². The summed E-state index contributed by atoms with van der Waals surface area (Å²) in [6.07, 6.45) is 87.2. The second-order valence-corrected chi connectivity index (χ2v) is 21.6. The zero-order chi connectivity index (χ0) is 55.7. The average Bonchev–Trinajstić information content (AvgIpc) is 3.43. The van der Waals surface area contributed by atoms with Crippen molar-refractivity contribution in [3.63, 3.8) is 0 Å². The summed E-state index contributed by atoms with van der Waals surface area (Å²) in [5.74, 6) is -0.903. The van der Waals surface area contributed by atoms with Crippen molar-refractivity contribution in [2.24, 2.45) is 0 Å². The number of ether oxygens (including phenoxy) is 3. The maximum absolute atomic E-state index is 12.9. The molecule has 77 heavy (non-hydrogen) atoms. The topological polar surface area (TPSA) is 78.9 Å². The van der Waals surface area contributed by atoms with Crippen LogP contribution in [0.1, 0.15) is 316 Å². The lowest BCUT2D eigenvalue weighted by molar-refractivity contribution is -0.167. The molecular formula is C71H122O6. The van der Waals surface area contributed by atoms with Crippen molar-refractivity contribution in [3.05, 3.63) is 97.2 Å². The number of hydrogen-bond acceptors (Lipinski definition) is 6. The van der Waals surface area contributed by atoms with Crippen LogP contribution in [0.5, 0.6) is 0 Å². The Labute approximate surface area is 477 Å². The average molecular weight is 1070 g/mol. The Bertz CT molecular complexity index is 1510. The van der Waals surface area contributed by atoms with Gasteiger partial charge in [-0.2, -0.15) is 0 Å². The van der Waals surface area contributed by atoms with E-state index in [-0.39, 0.29) is 31.1 Å². The number of unbranched alkanes of at least 4 members (excludes halogenated alkanes) is 32. The molecule has 442 valence electrons. The van der Waals surface area contributed by atoms with Gasteiger partial charge in [-0.15, -0.1) is 0 Å². The molecule has 0 saturated carbocycles. The molecule has 6 nitrogen and oxygen atoms in total. The van der Waals surface area contributed by atoms with Crippen LogP contribution >= 0.6 is 0 Å². The van der Waals surface area contributed by atoms with Crippen molar-refractivity contribution in [2.45, 2.75) is 322 Å². The molecule has 6 heteroatoms. The van der Waals surface area contributed by atoms with Crippen LogP contribution in [-0.2, 0) is 28.6 Å². The SMILES string of the molecule is CC/C=C\C/C=C\C/C=C\C/C=C\CCCCCCCCCCCCCCCCCCCCC(=O)OCC(COC(=O)CCCCCCC/C=C\C/C=C\CCC)OC(=O)CCCCCCC/C=C\C/C=C\CCCCC. The molecule has 0 aliphatic heterocycles. The predicted molar refractivity (Wildman–Crippen MR) is 334 cm³/mol. The lowest BCUT2D eigenvalue weighted by atomic mass is 10.0. The van der Waals surface area contributed by atoms with E-state index in [1.807, 2.05) is 0 Å². The van der Waals surface area contributed by atoms with Crippen LogP contribution in [0.15, 0.2) is 97.2 Å². The molecule has 0 aromatic carbocycles. The van der Waals surface area contributed by atoms with Crippen molar-refractivity contribution in [3.8, 4) is 0 Å². The molecule has 0 heterocycles. The summed E-state index contributed by atoms with van der Waals surface area (Å²) in [6.45, 7) is 6.44. The van der Waals surface area contributed by atoms with Gasteiger partial charge >= 0.3 is 17.9 Å². The molecule has 0 rings (SSSR count). The van der Waals surface area contributed by atoms with Crippen LogP contribution in [0, 0.1) is 0 Å². The van der Waals surface area contributed by atoms with Crippen LogP contribution in [-0.4, -0.2) is 37.2 Å². The first kappa shape index (κ1) is 73.3. The Kier molecular flexibility index (Phi) is 61.8. The van der Waals surface area contributed by atoms with Crippen LogP contribution in [0.25, 0.3) is 0 Å². The lowest BCUT2D eigenvalue weighted by Crippen LogP contribution is -2.30. The zero-order valence-electron chi connectivity index (χ0n) is 50.7. The third-order valence-corrected chi connectivity index (χ3v) is 14.0. The first-order valence-corrected chi connectivity index (χ1v) is 32.7. The van der Waals surface area contributed by atoms with Gasteiger partial charge < -0.3 is 14.2 Å². The third kappa shape index (κ3) is 63.0. The van der Waals surface area contributed by atoms with E-state index < -0.39 is 6.10 Å². The van der Waals surface area contributed by atoms with Gasteiger partial charge in [0.15, 0.2) is 6.10 Å². The van der Waals surface area contributed by atoms with Crippen LogP contribution in [0.4, 0.5) is 0 Å². The molecule has 0 saturated heterocycles. The zero-order valence-corrected chi connectivity index (χ0v) is 50.7. The van der Waals surface area contributed by atoms with E-state index in [0.29, 0.717) is 19.3 Å². The molecule has 1 unspecified atom stereocenters. The number of allylic oxidation sites excluding steroid dienone is 16. The normalized spacial score (nSPS) is 12.7. The van der Waals surface area contributed by atoms with Gasteiger partial charge in [0.1, 0.15) is 13.2 Å². The van der Waals surface area contributed by atoms with E-state index in [4.69, 9.17) is 14.2 Å². The Balaban J connectivity index is 4.18. The largest absolute Gasteiger partial charge is 0.462 e. The first-order chi connectivity index (χ1) is 38.0. The standard InChI is InChI=1S/C71H122O6/c1-4-7-10-13-16-19-22-25-27-28-29-30-31-32-33-34-35-36-37-38-39-40-41-42-44-46-49-52-55-58-61-64-70(73)76-67-68(66-75-69(72)63-60-57-54-51-48-45-24-21-18-15-12-9-6-3)77-71(74)65-62-59-56-53-50-47-43-26-23-20-17-14-11-8-5-2/h7,10,12,15-17,19-21,24-27,29-30,43,68H,4-6,8-9,11,13-14,18,22-23,28,31-42,44-67H2,1-3H3/b10-7-,15-12-,19-16-,20-17-,24-21-,27-25-,30-29-,43-26-. The molecule has 0 aliphatic carbocycles. The smallest absolute Gasteiger partial charge is 0.306 e. The first-order valence-electron chi connectivity index (χ1n) is 32.7. The van der Waals surface area contributed by atoms with Gasteiger partial charge in [-0.1, -0.05) is 279 Å². The Hall–Kier alpha value is -3.67. The summed E-state index contributed by atoms with van der Waals surface area (Å²) >= 11 is 0. The van der Waals surface area contributed by atoms with Crippen LogP contribution in [0.3, 0.4) is 0 Å². The highest BCUT2D eigenvalue weighted by Gasteiger charge is 2.19. The molecule has 0 N–H and O–H groups in total. The quantitative estimate of drug-likeness (QED) is 0.0261. The minimum absolute atomic E-state index is 0.0852. The molecule has 0 aromatic heterocycles. The fourth-order valence-corrected chi connectivity index (χ4v) is 9.15. The van der Waals surface area contributed by atoms with Gasteiger partial charge in [0.05, 0.1) is 0 Å². The molecule has 0 spiro atoms. The summed E-state index contributed by atoms with van der Waals surface area (Å²) in [7, 11) is 0. The lowest BCUT2D eigenvalue weighted by Gasteiger charge is -2.18. The third-order valence-electron chi connectivity index (χ3n) is 14.0. The molecule has 0 fully saturated rings. The minimum Gasteiger partial charge on any atom is -0.462 e. The number of hydrogen-bond donors (Lipinski definition) is 0. The summed E-state index contributed by atoms with van der Waals surface area (Å²) in [6, 6.07) is 0. The highest BCUT2D eigenvalue weighted by molar-refractivity contribution is 5.71. The minimum atomic E-state index is -0.790. The van der Waals surface area contributed by atoms with Crippen molar-refractivity contribution in [1.82, 2.24) is 0 Å². The van der Waals surface area contributed by atoms with E-state index in [9.17, 15) is 14.4 Å². The van der Waals surface area contributed by atoms with Gasteiger partial charge in [-0.25, -0.2) is 0 Å². The summed E-state index contributed by atoms with van der Waals surface area (Å²) in [5.41, 5.74) is 0. The van der Waals surface area contributed by atoms with Gasteiger partial charge in [0.2, 0.25) is 0 Å². The molecule has 0 amide bonds. The summed E-state index contributed by atoms with van der Waals surface area (Å²) < 4.78 is 16.9. The van der Waals surface area contributed by atoms with Crippen molar-refractivity contribution in [1.29, 1.82) is 0 Å². The van der Waals surface area contributed by atoms with E-state index >= 15 is 0 Å². The monoisotopic (exact) mass is 1070 g/mol. The number of rotatable bonds is 59. The Morgan fingerprint density at radius 3 is 0.844 bits per heavy atom. The molecule has 0 bridgehead atoms. The fourth-order valence-electron chi connectivity index (χ4n) is 9.15. The Morgan fingerprint density at radius 1 is 0.273 bits per heavy atom. The van der Waals surface area contributed by atoms with Gasteiger partial charge in [0.25, 0.3) is 0 Å². The molecule has 0 radical (unpaired) electrons. The van der Waals surface area contributed by atoms with Crippen molar-refractivity contribution < 1.29 is 28.6 Å². The molecule has 1 atom stereocenters. The maximum Gasteiger partial charge on any atom is 0.306 e. The van der Waals surface area contributed by atoms with E-state index in [2.05, 4.69) is 118 Å². The fraction of sp³-hybridized carbons (Fsp3) is 0.732.